The van der Waals surface area contributed by atoms with E-state index >= 15 is 0 Å². The zero-order chi connectivity index (χ0) is 17.8. The number of nitrogens with zero attached hydrogens (tertiary/aromatic N) is 2. The van der Waals surface area contributed by atoms with E-state index in [4.69, 9.17) is 9.26 Å². The van der Waals surface area contributed by atoms with Crippen LogP contribution in [0.4, 0.5) is 0 Å². The summed E-state index contributed by atoms with van der Waals surface area (Å²) >= 11 is 0. The molecule has 1 aliphatic rings. The Morgan fingerprint density at radius 2 is 2.00 bits per heavy atom. The van der Waals surface area contributed by atoms with Crippen molar-refractivity contribution in [3.05, 3.63) is 42.3 Å². The Hall–Kier alpha value is -2.11. The Labute approximate surface area is 165 Å². The highest BCUT2D eigenvalue weighted by molar-refractivity contribution is 5.87. The Balaban J connectivity index is 0.00000210. The number of ether oxygens (including phenoxy) is 1. The summed E-state index contributed by atoms with van der Waals surface area (Å²) in [5.74, 6) is 2.34. The van der Waals surface area contributed by atoms with Gasteiger partial charge in [-0.05, 0) is 35.4 Å². The molecule has 2 N–H and O–H groups in total. The number of halogens is 1. The third kappa shape index (κ3) is 4.60. The van der Waals surface area contributed by atoms with Gasteiger partial charge in [-0.25, -0.2) is 0 Å². The van der Waals surface area contributed by atoms with Gasteiger partial charge in [0.25, 0.3) is 5.89 Å². The highest BCUT2D eigenvalue weighted by Crippen LogP contribution is 2.27. The van der Waals surface area contributed by atoms with Gasteiger partial charge in [0.2, 0.25) is 5.82 Å². The molecule has 0 radical (unpaired) electrons. The minimum atomic E-state index is 0. The molecule has 2 aromatic carbocycles. The van der Waals surface area contributed by atoms with E-state index in [0.717, 1.165) is 54.0 Å². The average molecular weight is 388 g/mol. The van der Waals surface area contributed by atoms with Crippen LogP contribution in [-0.4, -0.2) is 23.3 Å². The number of fused-ring (bicyclic) bond motifs is 1. The van der Waals surface area contributed by atoms with Crippen LogP contribution in [0.1, 0.15) is 51.0 Å². The monoisotopic (exact) mass is 387 g/mol. The molecule has 5 nitrogen and oxygen atoms in total. The standard InChI is InChI=1S/C21H25N3O2.ClH/c1-2-3-4-12-25-18-10-9-15-13-17(8-7-16(15)14-18)20-23-21(26-24-20)19-6-5-11-22-19;/h7-10,13-14,19,22H,2-6,11-12H2,1H3;1H/t19-;/m0./s1. The SMILES string of the molecule is CCCCCOc1ccc2cc(-c3noc([C@@H]4CCC[NH2+]4)n3)ccc2c1.[Cl-]. The summed E-state index contributed by atoms with van der Waals surface area (Å²) < 4.78 is 11.3. The highest BCUT2D eigenvalue weighted by atomic mass is 35.5. The lowest BCUT2D eigenvalue weighted by atomic mass is 10.1. The second-order valence-corrected chi connectivity index (χ2v) is 7.01. The molecule has 6 heteroatoms. The van der Waals surface area contributed by atoms with Gasteiger partial charge in [-0.1, -0.05) is 43.1 Å². The van der Waals surface area contributed by atoms with Crippen molar-refractivity contribution < 1.29 is 27.0 Å². The molecule has 0 amide bonds. The van der Waals surface area contributed by atoms with E-state index in [-0.39, 0.29) is 12.4 Å². The number of unbranched alkanes of at least 4 members (excludes halogenated alkanes) is 2. The summed E-state index contributed by atoms with van der Waals surface area (Å²) in [6, 6.07) is 12.8. The van der Waals surface area contributed by atoms with Gasteiger partial charge in [0, 0.05) is 18.4 Å². The van der Waals surface area contributed by atoms with E-state index in [0.29, 0.717) is 11.9 Å². The molecule has 27 heavy (non-hydrogen) atoms. The van der Waals surface area contributed by atoms with Gasteiger partial charge in [-0.3, -0.25) is 0 Å². The fraction of sp³-hybridized carbons (Fsp3) is 0.429. The number of hydrogen-bond acceptors (Lipinski definition) is 4. The molecule has 1 saturated heterocycles. The summed E-state index contributed by atoms with van der Waals surface area (Å²) in [6.07, 6.45) is 5.84. The zero-order valence-corrected chi connectivity index (χ0v) is 16.4. The van der Waals surface area contributed by atoms with Gasteiger partial charge >= 0.3 is 0 Å². The predicted molar refractivity (Wildman–Crippen MR) is 101 cm³/mol. The molecular formula is C21H26ClN3O2. The summed E-state index contributed by atoms with van der Waals surface area (Å²) in [7, 11) is 0. The Bertz CT molecular complexity index is 875. The maximum atomic E-state index is 5.85. The van der Waals surface area contributed by atoms with Crippen molar-refractivity contribution in [2.75, 3.05) is 13.2 Å². The van der Waals surface area contributed by atoms with Crippen molar-refractivity contribution in [1.82, 2.24) is 10.1 Å². The maximum Gasteiger partial charge on any atom is 0.285 e. The van der Waals surface area contributed by atoms with Crippen molar-refractivity contribution in [2.45, 2.75) is 45.1 Å². The lowest BCUT2D eigenvalue weighted by Crippen LogP contribution is -3.00. The van der Waals surface area contributed by atoms with Gasteiger partial charge in [-0.15, -0.1) is 0 Å². The van der Waals surface area contributed by atoms with Crippen LogP contribution in [0.25, 0.3) is 22.2 Å². The number of rotatable bonds is 7. The molecule has 1 aromatic heterocycles. The summed E-state index contributed by atoms with van der Waals surface area (Å²) in [5.41, 5.74) is 0.988. The van der Waals surface area contributed by atoms with Crippen LogP contribution >= 0.6 is 0 Å². The van der Waals surface area contributed by atoms with Crippen LogP contribution in [-0.2, 0) is 0 Å². The largest absolute Gasteiger partial charge is 1.00 e. The van der Waals surface area contributed by atoms with Gasteiger partial charge in [-0.2, -0.15) is 4.98 Å². The third-order valence-electron chi connectivity index (χ3n) is 5.02. The first-order chi connectivity index (χ1) is 12.8. The number of aromatic nitrogens is 2. The number of quaternary nitrogens is 1. The topological polar surface area (TPSA) is 64.8 Å². The molecule has 2 heterocycles. The Kier molecular flexibility index (Phi) is 6.69. The van der Waals surface area contributed by atoms with Crippen molar-refractivity contribution in [3.63, 3.8) is 0 Å². The maximum absolute atomic E-state index is 5.85. The molecule has 3 aromatic rings. The number of benzene rings is 2. The fourth-order valence-electron chi connectivity index (χ4n) is 3.50. The van der Waals surface area contributed by atoms with Crippen molar-refractivity contribution in [3.8, 4) is 17.1 Å². The van der Waals surface area contributed by atoms with E-state index in [1.54, 1.807) is 0 Å². The average Bonchev–Trinajstić information content (AvgIpc) is 3.36. The Morgan fingerprint density at radius 1 is 1.15 bits per heavy atom. The van der Waals surface area contributed by atoms with Crippen LogP contribution in [0.3, 0.4) is 0 Å². The minimum absolute atomic E-state index is 0. The van der Waals surface area contributed by atoms with Crippen LogP contribution in [0.2, 0.25) is 0 Å². The van der Waals surface area contributed by atoms with Crippen LogP contribution < -0.4 is 22.5 Å². The third-order valence-corrected chi connectivity index (χ3v) is 5.02. The first-order valence-electron chi connectivity index (χ1n) is 9.67. The van der Waals surface area contributed by atoms with Gasteiger partial charge in [0.15, 0.2) is 6.04 Å². The van der Waals surface area contributed by atoms with Crippen LogP contribution in [0.5, 0.6) is 5.75 Å². The van der Waals surface area contributed by atoms with Gasteiger partial charge in [0.1, 0.15) is 5.75 Å². The summed E-state index contributed by atoms with van der Waals surface area (Å²) in [4.78, 5) is 4.61. The molecule has 0 spiro atoms. The van der Waals surface area contributed by atoms with E-state index < -0.39 is 0 Å². The molecule has 4 rings (SSSR count). The lowest BCUT2D eigenvalue weighted by Gasteiger charge is -2.07. The van der Waals surface area contributed by atoms with E-state index in [9.17, 15) is 0 Å². The van der Waals surface area contributed by atoms with Crippen molar-refractivity contribution in [1.29, 1.82) is 0 Å². The number of hydrogen-bond donors (Lipinski definition) is 1. The quantitative estimate of drug-likeness (QED) is 0.611. The van der Waals surface area contributed by atoms with Gasteiger partial charge < -0.3 is 27.0 Å². The predicted octanol–water partition coefficient (Wildman–Crippen LogP) is 0.861. The lowest BCUT2D eigenvalue weighted by molar-refractivity contribution is -0.678. The van der Waals surface area contributed by atoms with E-state index in [1.807, 2.05) is 6.07 Å². The second-order valence-electron chi connectivity index (χ2n) is 7.01. The van der Waals surface area contributed by atoms with Crippen LogP contribution in [0, 0.1) is 0 Å². The molecule has 1 fully saturated rings. The van der Waals surface area contributed by atoms with Crippen molar-refractivity contribution in [2.24, 2.45) is 0 Å². The summed E-state index contributed by atoms with van der Waals surface area (Å²) in [5, 5.41) is 8.78. The molecular weight excluding hydrogens is 362 g/mol. The van der Waals surface area contributed by atoms with Crippen LogP contribution in [0.15, 0.2) is 40.9 Å². The normalized spacial score (nSPS) is 16.4. The highest BCUT2D eigenvalue weighted by Gasteiger charge is 2.26. The molecule has 0 unspecified atom stereocenters. The molecule has 1 aliphatic heterocycles. The molecule has 0 aliphatic carbocycles. The Morgan fingerprint density at radius 3 is 2.81 bits per heavy atom. The van der Waals surface area contributed by atoms with E-state index in [2.05, 4.69) is 52.7 Å². The van der Waals surface area contributed by atoms with Crippen molar-refractivity contribution >= 4 is 10.8 Å². The second kappa shape index (κ2) is 9.20. The first-order valence-corrected chi connectivity index (χ1v) is 9.67. The molecule has 144 valence electrons. The van der Waals surface area contributed by atoms with Gasteiger partial charge in [0.05, 0.1) is 13.2 Å². The molecule has 0 saturated carbocycles. The first kappa shape index (κ1) is 19.6. The number of nitrogens with two attached hydrogens (primary N) is 1. The molecule has 1 atom stereocenters. The zero-order valence-electron chi connectivity index (χ0n) is 15.7. The van der Waals surface area contributed by atoms with E-state index in [1.165, 1.54) is 19.3 Å². The fourth-order valence-corrected chi connectivity index (χ4v) is 3.50. The summed E-state index contributed by atoms with van der Waals surface area (Å²) in [6.45, 7) is 4.12. The molecule has 0 bridgehead atoms. The minimum Gasteiger partial charge on any atom is -1.00 e. The smallest absolute Gasteiger partial charge is 0.285 e.